The molecule has 1 aliphatic rings. The topological polar surface area (TPSA) is 49.4 Å². The number of amides is 2. The van der Waals surface area contributed by atoms with E-state index in [4.69, 9.17) is 0 Å². The number of benzene rings is 2. The van der Waals surface area contributed by atoms with Gasteiger partial charge in [-0.3, -0.25) is 9.59 Å². The smallest absolute Gasteiger partial charge is 0.225 e. The van der Waals surface area contributed by atoms with E-state index in [0.717, 1.165) is 16.5 Å². The predicted octanol–water partition coefficient (Wildman–Crippen LogP) is 3.72. The summed E-state index contributed by atoms with van der Waals surface area (Å²) in [7, 11) is 0. The number of hydrogen-bond acceptors (Lipinski definition) is 2. The molecular formula is C21H23BrN2O2. The van der Waals surface area contributed by atoms with E-state index >= 15 is 0 Å². The Morgan fingerprint density at radius 1 is 1.19 bits per heavy atom. The fourth-order valence-corrected chi connectivity index (χ4v) is 3.94. The fraction of sp³-hybridized carbons (Fsp3) is 0.333. The lowest BCUT2D eigenvalue weighted by molar-refractivity contribution is -0.129. The third-order valence-corrected chi connectivity index (χ3v) is 5.55. The standard InChI is InChI=1S/C21H23BrN2O2/c1-15(18-9-5-6-10-19(18)22)23-21(26)17-13-20(25)24(14-17)12-11-16-7-3-2-4-8-16/h2-10,15,17H,11-14H2,1H3,(H,23,26). The highest BCUT2D eigenvalue weighted by Crippen LogP contribution is 2.24. The quantitative estimate of drug-likeness (QED) is 0.782. The summed E-state index contributed by atoms with van der Waals surface area (Å²) in [5.74, 6) is -0.262. The Hall–Kier alpha value is -2.14. The first-order valence-electron chi connectivity index (χ1n) is 8.91. The van der Waals surface area contributed by atoms with Gasteiger partial charge in [-0.2, -0.15) is 0 Å². The molecule has 5 heteroatoms. The normalized spacial score (nSPS) is 18.0. The van der Waals surface area contributed by atoms with Gasteiger partial charge in [0.25, 0.3) is 0 Å². The van der Waals surface area contributed by atoms with Gasteiger partial charge in [0.1, 0.15) is 0 Å². The summed E-state index contributed by atoms with van der Waals surface area (Å²) in [6.07, 6.45) is 1.11. The summed E-state index contributed by atoms with van der Waals surface area (Å²) in [5.41, 5.74) is 2.24. The van der Waals surface area contributed by atoms with E-state index in [1.807, 2.05) is 49.4 Å². The molecule has 1 fully saturated rings. The van der Waals surface area contributed by atoms with Crippen LogP contribution in [0.3, 0.4) is 0 Å². The Morgan fingerprint density at radius 2 is 1.88 bits per heavy atom. The van der Waals surface area contributed by atoms with Crippen LogP contribution in [0.25, 0.3) is 0 Å². The van der Waals surface area contributed by atoms with Gasteiger partial charge < -0.3 is 10.2 Å². The van der Waals surface area contributed by atoms with Crippen LogP contribution < -0.4 is 5.32 Å². The number of carbonyl (C=O) groups is 2. The maximum Gasteiger partial charge on any atom is 0.225 e. The molecule has 0 aliphatic carbocycles. The zero-order valence-corrected chi connectivity index (χ0v) is 16.4. The first kappa shape index (κ1) is 18.6. The van der Waals surface area contributed by atoms with E-state index in [1.165, 1.54) is 5.56 Å². The van der Waals surface area contributed by atoms with Crippen molar-refractivity contribution in [2.75, 3.05) is 13.1 Å². The van der Waals surface area contributed by atoms with Crippen molar-refractivity contribution in [2.45, 2.75) is 25.8 Å². The largest absolute Gasteiger partial charge is 0.349 e. The van der Waals surface area contributed by atoms with Crippen molar-refractivity contribution in [3.63, 3.8) is 0 Å². The Morgan fingerprint density at radius 3 is 2.62 bits per heavy atom. The molecule has 0 spiro atoms. The van der Waals surface area contributed by atoms with E-state index in [2.05, 4.69) is 33.4 Å². The molecule has 2 atom stereocenters. The minimum Gasteiger partial charge on any atom is -0.349 e. The molecular weight excluding hydrogens is 392 g/mol. The summed E-state index contributed by atoms with van der Waals surface area (Å²) >= 11 is 3.52. The molecule has 0 radical (unpaired) electrons. The van der Waals surface area contributed by atoms with Crippen LogP contribution in [-0.2, 0) is 16.0 Å². The van der Waals surface area contributed by atoms with Gasteiger partial charge in [0.05, 0.1) is 12.0 Å². The second kappa shape index (κ2) is 8.49. The molecule has 0 aromatic heterocycles. The zero-order valence-electron chi connectivity index (χ0n) is 14.8. The lowest BCUT2D eigenvalue weighted by Gasteiger charge is -2.19. The lowest BCUT2D eigenvalue weighted by atomic mass is 10.1. The van der Waals surface area contributed by atoms with Crippen molar-refractivity contribution >= 4 is 27.7 Å². The third kappa shape index (κ3) is 4.52. The van der Waals surface area contributed by atoms with Gasteiger partial charge in [-0.15, -0.1) is 0 Å². The van der Waals surface area contributed by atoms with Crippen molar-refractivity contribution in [1.29, 1.82) is 0 Å². The van der Waals surface area contributed by atoms with Gasteiger partial charge in [0, 0.05) is 24.0 Å². The number of hydrogen-bond donors (Lipinski definition) is 1. The zero-order chi connectivity index (χ0) is 18.5. The average Bonchev–Trinajstić information content (AvgIpc) is 3.02. The van der Waals surface area contributed by atoms with Crippen molar-refractivity contribution in [2.24, 2.45) is 5.92 Å². The van der Waals surface area contributed by atoms with Crippen LogP contribution in [0.5, 0.6) is 0 Å². The molecule has 2 aromatic rings. The lowest BCUT2D eigenvalue weighted by Crippen LogP contribution is -2.35. The highest BCUT2D eigenvalue weighted by atomic mass is 79.9. The van der Waals surface area contributed by atoms with Crippen LogP contribution in [0.4, 0.5) is 0 Å². The Labute approximate surface area is 162 Å². The first-order chi connectivity index (χ1) is 12.5. The monoisotopic (exact) mass is 414 g/mol. The Balaban J connectivity index is 1.54. The van der Waals surface area contributed by atoms with Gasteiger partial charge in [-0.25, -0.2) is 0 Å². The number of nitrogens with zero attached hydrogens (tertiary/aromatic N) is 1. The van der Waals surface area contributed by atoms with Crippen LogP contribution in [0, 0.1) is 5.92 Å². The second-order valence-electron chi connectivity index (χ2n) is 6.73. The molecule has 0 saturated carbocycles. The predicted molar refractivity (Wildman–Crippen MR) is 106 cm³/mol. The molecule has 1 N–H and O–H groups in total. The molecule has 1 heterocycles. The fourth-order valence-electron chi connectivity index (χ4n) is 3.31. The molecule has 2 unspecified atom stereocenters. The van der Waals surface area contributed by atoms with Gasteiger partial charge in [-0.05, 0) is 30.5 Å². The molecule has 0 bridgehead atoms. The van der Waals surface area contributed by atoms with Crippen LogP contribution in [0.15, 0.2) is 59.1 Å². The number of nitrogens with one attached hydrogen (secondary N) is 1. The summed E-state index contributed by atoms with van der Waals surface area (Å²) in [6, 6.07) is 17.8. The SMILES string of the molecule is CC(NC(=O)C1CC(=O)N(CCc2ccccc2)C1)c1ccccc1Br. The highest BCUT2D eigenvalue weighted by molar-refractivity contribution is 9.10. The molecule has 2 amide bonds. The maximum atomic E-state index is 12.6. The molecule has 2 aromatic carbocycles. The number of halogens is 1. The average molecular weight is 415 g/mol. The second-order valence-corrected chi connectivity index (χ2v) is 7.58. The van der Waals surface area contributed by atoms with Gasteiger partial charge in [0.2, 0.25) is 11.8 Å². The molecule has 136 valence electrons. The van der Waals surface area contributed by atoms with E-state index in [-0.39, 0.29) is 23.8 Å². The summed E-state index contributed by atoms with van der Waals surface area (Å²) in [4.78, 5) is 26.7. The van der Waals surface area contributed by atoms with E-state index < -0.39 is 0 Å². The number of likely N-dealkylation sites (tertiary alicyclic amines) is 1. The van der Waals surface area contributed by atoms with Crippen molar-refractivity contribution in [1.82, 2.24) is 10.2 Å². The van der Waals surface area contributed by atoms with Crippen LogP contribution in [-0.4, -0.2) is 29.8 Å². The molecule has 4 nitrogen and oxygen atoms in total. The Kier molecular flexibility index (Phi) is 6.09. The van der Waals surface area contributed by atoms with Crippen LogP contribution in [0.1, 0.15) is 30.5 Å². The third-order valence-electron chi connectivity index (χ3n) is 4.83. The molecule has 26 heavy (non-hydrogen) atoms. The van der Waals surface area contributed by atoms with Gasteiger partial charge in [0.15, 0.2) is 0 Å². The van der Waals surface area contributed by atoms with E-state index in [1.54, 1.807) is 4.90 Å². The van der Waals surface area contributed by atoms with Crippen molar-refractivity contribution < 1.29 is 9.59 Å². The van der Waals surface area contributed by atoms with Crippen LogP contribution in [0.2, 0.25) is 0 Å². The van der Waals surface area contributed by atoms with Gasteiger partial charge in [-0.1, -0.05) is 64.5 Å². The highest BCUT2D eigenvalue weighted by Gasteiger charge is 2.34. The minimum absolute atomic E-state index is 0.0520. The van der Waals surface area contributed by atoms with Crippen LogP contribution >= 0.6 is 15.9 Å². The summed E-state index contributed by atoms with van der Waals surface area (Å²) < 4.78 is 0.972. The van der Waals surface area contributed by atoms with Gasteiger partial charge >= 0.3 is 0 Å². The molecule has 1 saturated heterocycles. The Bertz CT molecular complexity index is 779. The van der Waals surface area contributed by atoms with E-state index in [0.29, 0.717) is 19.5 Å². The van der Waals surface area contributed by atoms with E-state index in [9.17, 15) is 9.59 Å². The minimum atomic E-state index is -0.275. The number of carbonyl (C=O) groups excluding carboxylic acids is 2. The van der Waals surface area contributed by atoms with Crippen molar-refractivity contribution in [3.05, 3.63) is 70.2 Å². The molecule has 1 aliphatic heterocycles. The summed E-state index contributed by atoms with van der Waals surface area (Å²) in [5, 5.41) is 3.05. The number of rotatable bonds is 6. The molecule has 3 rings (SSSR count). The maximum absolute atomic E-state index is 12.6. The first-order valence-corrected chi connectivity index (χ1v) is 9.70. The summed E-state index contributed by atoms with van der Waals surface area (Å²) in [6.45, 7) is 3.12. The van der Waals surface area contributed by atoms with Crippen molar-refractivity contribution in [3.8, 4) is 0 Å².